The number of benzene rings is 1. The van der Waals surface area contributed by atoms with Gasteiger partial charge in [0.1, 0.15) is 0 Å². The third-order valence-electron chi connectivity index (χ3n) is 3.20. The third kappa shape index (κ3) is 2.64. The molecule has 0 aliphatic carbocycles. The fourth-order valence-corrected chi connectivity index (χ4v) is 3.33. The molecular formula is C15H20N2S. The minimum absolute atomic E-state index is 0.330. The molecule has 2 nitrogen and oxygen atoms in total. The van der Waals surface area contributed by atoms with Gasteiger partial charge in [-0.25, -0.2) is 0 Å². The van der Waals surface area contributed by atoms with Gasteiger partial charge < -0.3 is 5.73 Å². The Labute approximate surface area is 113 Å². The van der Waals surface area contributed by atoms with Gasteiger partial charge in [-0.05, 0) is 49.2 Å². The Morgan fingerprint density at radius 1 is 1.17 bits per heavy atom. The molecule has 1 unspecified atom stereocenters. The number of nitrogens with two attached hydrogens (primary N) is 1. The second-order valence-electron chi connectivity index (χ2n) is 4.78. The van der Waals surface area contributed by atoms with Gasteiger partial charge in [-0.2, -0.15) is 0 Å². The van der Waals surface area contributed by atoms with Crippen molar-refractivity contribution in [1.82, 2.24) is 4.90 Å². The van der Waals surface area contributed by atoms with Crippen molar-refractivity contribution >= 4 is 11.3 Å². The van der Waals surface area contributed by atoms with Crippen LogP contribution in [0, 0.1) is 6.92 Å². The van der Waals surface area contributed by atoms with Gasteiger partial charge >= 0.3 is 0 Å². The standard InChI is InChI=1S/C15H20N2S/c1-11-8-9-18-15(11)14(17(2)3)13-6-4-12(10-16)5-7-13/h4-9,14H,10,16H2,1-3H3. The van der Waals surface area contributed by atoms with Crippen LogP contribution in [0.5, 0.6) is 0 Å². The molecule has 3 heteroatoms. The predicted molar refractivity (Wildman–Crippen MR) is 78.9 cm³/mol. The summed E-state index contributed by atoms with van der Waals surface area (Å²) in [7, 11) is 4.25. The molecule has 2 N–H and O–H groups in total. The zero-order valence-corrected chi connectivity index (χ0v) is 12.0. The largest absolute Gasteiger partial charge is 0.326 e. The van der Waals surface area contributed by atoms with E-state index in [2.05, 4.69) is 61.6 Å². The first kappa shape index (κ1) is 13.3. The maximum Gasteiger partial charge on any atom is 0.0693 e. The van der Waals surface area contributed by atoms with Crippen LogP contribution in [0.25, 0.3) is 0 Å². The van der Waals surface area contributed by atoms with E-state index in [0.717, 1.165) is 0 Å². The monoisotopic (exact) mass is 260 g/mol. The van der Waals surface area contributed by atoms with E-state index in [0.29, 0.717) is 12.6 Å². The van der Waals surface area contributed by atoms with Crippen LogP contribution in [0.15, 0.2) is 35.7 Å². The molecule has 96 valence electrons. The molecule has 0 bridgehead atoms. The van der Waals surface area contributed by atoms with Crippen molar-refractivity contribution in [3.63, 3.8) is 0 Å². The fraction of sp³-hybridized carbons (Fsp3) is 0.333. The van der Waals surface area contributed by atoms with Crippen molar-refractivity contribution in [1.29, 1.82) is 0 Å². The average molecular weight is 260 g/mol. The van der Waals surface area contributed by atoms with Gasteiger partial charge in [0.15, 0.2) is 0 Å². The summed E-state index contributed by atoms with van der Waals surface area (Å²) in [6.07, 6.45) is 0. The quantitative estimate of drug-likeness (QED) is 0.915. The molecule has 1 aromatic heterocycles. The molecule has 0 aliphatic rings. The van der Waals surface area contributed by atoms with E-state index in [1.807, 2.05) is 11.3 Å². The summed E-state index contributed by atoms with van der Waals surface area (Å²) in [5.74, 6) is 0. The Hall–Kier alpha value is -1.16. The van der Waals surface area contributed by atoms with Crippen molar-refractivity contribution in [3.8, 4) is 0 Å². The molecule has 0 amide bonds. The lowest BCUT2D eigenvalue weighted by molar-refractivity contribution is 0.345. The molecule has 1 atom stereocenters. The highest BCUT2D eigenvalue weighted by molar-refractivity contribution is 7.10. The van der Waals surface area contributed by atoms with E-state index in [1.165, 1.54) is 21.6 Å². The number of rotatable bonds is 4. The molecule has 0 aliphatic heterocycles. The Kier molecular flexibility index (Phi) is 4.17. The number of thiophene rings is 1. The van der Waals surface area contributed by atoms with E-state index in [1.54, 1.807) is 0 Å². The summed E-state index contributed by atoms with van der Waals surface area (Å²) in [6.45, 7) is 2.78. The topological polar surface area (TPSA) is 29.3 Å². The van der Waals surface area contributed by atoms with Crippen LogP contribution in [0.2, 0.25) is 0 Å². The highest BCUT2D eigenvalue weighted by Gasteiger charge is 2.19. The first-order chi connectivity index (χ1) is 8.63. The summed E-state index contributed by atoms with van der Waals surface area (Å²) < 4.78 is 0. The first-order valence-corrected chi connectivity index (χ1v) is 7.00. The molecule has 1 aromatic carbocycles. The zero-order chi connectivity index (χ0) is 13.1. The molecule has 2 aromatic rings. The number of aryl methyl sites for hydroxylation is 1. The second kappa shape index (κ2) is 5.65. The average Bonchev–Trinajstić information content (AvgIpc) is 2.76. The molecule has 0 saturated carbocycles. The van der Waals surface area contributed by atoms with Crippen molar-refractivity contribution in [2.75, 3.05) is 14.1 Å². The van der Waals surface area contributed by atoms with Crippen LogP contribution in [0.3, 0.4) is 0 Å². The van der Waals surface area contributed by atoms with Crippen LogP contribution in [0.4, 0.5) is 0 Å². The van der Waals surface area contributed by atoms with Gasteiger partial charge in [0, 0.05) is 11.4 Å². The van der Waals surface area contributed by atoms with Crippen LogP contribution in [0.1, 0.15) is 27.6 Å². The van der Waals surface area contributed by atoms with E-state index in [9.17, 15) is 0 Å². The van der Waals surface area contributed by atoms with Crippen molar-refractivity contribution in [3.05, 3.63) is 57.3 Å². The molecule has 1 heterocycles. The molecule has 0 spiro atoms. The SMILES string of the molecule is Cc1ccsc1C(c1ccc(CN)cc1)N(C)C. The second-order valence-corrected chi connectivity index (χ2v) is 5.73. The number of nitrogens with zero attached hydrogens (tertiary/aromatic N) is 1. The van der Waals surface area contributed by atoms with Gasteiger partial charge in [-0.1, -0.05) is 24.3 Å². The van der Waals surface area contributed by atoms with Crippen LogP contribution in [-0.4, -0.2) is 19.0 Å². The summed E-state index contributed by atoms with van der Waals surface area (Å²) in [6, 6.07) is 11.1. The maximum atomic E-state index is 5.65. The highest BCUT2D eigenvalue weighted by atomic mass is 32.1. The summed E-state index contributed by atoms with van der Waals surface area (Å²) >= 11 is 1.82. The van der Waals surface area contributed by atoms with Gasteiger partial charge in [0.05, 0.1) is 6.04 Å². The smallest absolute Gasteiger partial charge is 0.0693 e. The van der Waals surface area contributed by atoms with Gasteiger partial charge in [0.2, 0.25) is 0 Å². The van der Waals surface area contributed by atoms with Crippen molar-refractivity contribution in [2.45, 2.75) is 19.5 Å². The normalized spacial score (nSPS) is 12.9. The van der Waals surface area contributed by atoms with Crippen LogP contribution < -0.4 is 5.73 Å². The van der Waals surface area contributed by atoms with Crippen molar-refractivity contribution in [2.24, 2.45) is 5.73 Å². The zero-order valence-electron chi connectivity index (χ0n) is 11.2. The van der Waals surface area contributed by atoms with Crippen LogP contribution in [-0.2, 0) is 6.54 Å². The Balaban J connectivity index is 2.39. The van der Waals surface area contributed by atoms with E-state index < -0.39 is 0 Å². The summed E-state index contributed by atoms with van der Waals surface area (Å²) in [5, 5.41) is 2.16. The van der Waals surface area contributed by atoms with Crippen molar-refractivity contribution < 1.29 is 0 Å². The Morgan fingerprint density at radius 3 is 2.28 bits per heavy atom. The van der Waals surface area contributed by atoms with Gasteiger partial charge in [-0.15, -0.1) is 11.3 Å². The first-order valence-electron chi connectivity index (χ1n) is 6.12. The molecular weight excluding hydrogens is 240 g/mol. The van der Waals surface area contributed by atoms with Gasteiger partial charge in [0.25, 0.3) is 0 Å². The minimum atomic E-state index is 0.330. The predicted octanol–water partition coefficient (Wildman–Crippen LogP) is 3.17. The van der Waals surface area contributed by atoms with E-state index in [-0.39, 0.29) is 0 Å². The lowest BCUT2D eigenvalue weighted by Gasteiger charge is -2.25. The third-order valence-corrected chi connectivity index (χ3v) is 4.27. The molecule has 0 fully saturated rings. The lowest BCUT2D eigenvalue weighted by Crippen LogP contribution is -2.20. The molecule has 0 radical (unpaired) electrons. The van der Waals surface area contributed by atoms with E-state index >= 15 is 0 Å². The Bertz CT molecular complexity index is 499. The fourth-order valence-electron chi connectivity index (χ4n) is 2.18. The molecule has 2 rings (SSSR count). The lowest BCUT2D eigenvalue weighted by atomic mass is 10.0. The minimum Gasteiger partial charge on any atom is -0.326 e. The molecule has 18 heavy (non-hydrogen) atoms. The molecule has 0 saturated heterocycles. The summed E-state index contributed by atoms with van der Waals surface area (Å²) in [5.41, 5.74) is 9.51. The number of hydrogen-bond acceptors (Lipinski definition) is 3. The highest BCUT2D eigenvalue weighted by Crippen LogP contribution is 2.32. The van der Waals surface area contributed by atoms with E-state index in [4.69, 9.17) is 5.73 Å². The maximum absolute atomic E-state index is 5.65. The van der Waals surface area contributed by atoms with Gasteiger partial charge in [-0.3, -0.25) is 4.90 Å². The Morgan fingerprint density at radius 2 is 1.83 bits per heavy atom. The number of hydrogen-bond donors (Lipinski definition) is 1. The van der Waals surface area contributed by atoms with Crippen LogP contribution >= 0.6 is 11.3 Å². The summed E-state index contributed by atoms with van der Waals surface area (Å²) in [4.78, 5) is 3.68.